The Hall–Kier alpha value is -4.71. The molecule has 6 nitrogen and oxygen atoms in total. The van der Waals surface area contributed by atoms with Gasteiger partial charge in [-0.2, -0.15) is 0 Å². The number of benzene rings is 3. The highest BCUT2D eigenvalue weighted by Crippen LogP contribution is 2.36. The van der Waals surface area contributed by atoms with Crippen LogP contribution in [0.25, 0.3) is 6.08 Å². The average molecular weight is 476 g/mol. The highest BCUT2D eigenvalue weighted by molar-refractivity contribution is 6.09. The maximum Gasteiger partial charge on any atom is 0.294 e. The van der Waals surface area contributed by atoms with Gasteiger partial charge in [-0.05, 0) is 60.5 Å². The quantitative estimate of drug-likeness (QED) is 0.385. The van der Waals surface area contributed by atoms with Crippen molar-refractivity contribution < 1.29 is 14.3 Å². The SMILES string of the molecule is Cc1ccc(CN2C(=O)/C(=C\c3ccc(C(=O)NCc4ccccn4)cc3)Oc3ccccc32)cc1. The molecule has 1 aromatic heterocycles. The molecule has 0 bridgehead atoms. The molecule has 36 heavy (non-hydrogen) atoms. The van der Waals surface area contributed by atoms with Crippen LogP contribution in [-0.4, -0.2) is 16.8 Å². The Labute approximate surface area is 209 Å². The smallest absolute Gasteiger partial charge is 0.294 e. The predicted octanol–water partition coefficient (Wildman–Crippen LogP) is 5.29. The third-order valence-electron chi connectivity index (χ3n) is 5.92. The number of nitrogens with one attached hydrogen (secondary N) is 1. The minimum Gasteiger partial charge on any atom is -0.449 e. The lowest BCUT2D eigenvalue weighted by Crippen LogP contribution is -2.36. The molecule has 0 saturated heterocycles. The molecule has 5 rings (SSSR count). The normalized spacial score (nSPS) is 13.8. The lowest BCUT2D eigenvalue weighted by Gasteiger charge is -2.30. The van der Waals surface area contributed by atoms with Gasteiger partial charge in [0, 0.05) is 11.8 Å². The number of nitrogens with zero attached hydrogens (tertiary/aromatic N) is 2. The third-order valence-corrected chi connectivity index (χ3v) is 5.92. The lowest BCUT2D eigenvalue weighted by molar-refractivity contribution is -0.117. The van der Waals surface area contributed by atoms with Gasteiger partial charge in [0.05, 0.1) is 24.5 Å². The summed E-state index contributed by atoms with van der Waals surface area (Å²) < 4.78 is 5.98. The Balaban J connectivity index is 1.34. The molecule has 2 heterocycles. The fourth-order valence-corrected chi connectivity index (χ4v) is 3.95. The Morgan fingerprint density at radius 1 is 0.944 bits per heavy atom. The molecule has 1 N–H and O–H groups in total. The Morgan fingerprint density at radius 2 is 1.69 bits per heavy atom. The summed E-state index contributed by atoms with van der Waals surface area (Å²) in [6.07, 6.45) is 3.40. The van der Waals surface area contributed by atoms with Crippen LogP contribution in [-0.2, 0) is 17.9 Å². The molecular formula is C30H25N3O3. The van der Waals surface area contributed by atoms with Crippen LogP contribution in [0.4, 0.5) is 5.69 Å². The molecule has 2 amide bonds. The van der Waals surface area contributed by atoms with Gasteiger partial charge < -0.3 is 10.1 Å². The molecule has 178 valence electrons. The number of ether oxygens (including phenoxy) is 1. The number of fused-ring (bicyclic) bond motifs is 1. The first-order valence-electron chi connectivity index (χ1n) is 11.7. The Bertz CT molecular complexity index is 1410. The second kappa shape index (κ2) is 10.3. The van der Waals surface area contributed by atoms with Crippen molar-refractivity contribution in [3.05, 3.63) is 131 Å². The highest BCUT2D eigenvalue weighted by Gasteiger charge is 2.30. The van der Waals surface area contributed by atoms with Gasteiger partial charge in [-0.15, -0.1) is 0 Å². The van der Waals surface area contributed by atoms with Crippen molar-refractivity contribution in [1.29, 1.82) is 0 Å². The minimum atomic E-state index is -0.216. The van der Waals surface area contributed by atoms with Crippen molar-refractivity contribution in [1.82, 2.24) is 10.3 Å². The number of para-hydroxylation sites is 2. The van der Waals surface area contributed by atoms with Crippen molar-refractivity contribution in [3.63, 3.8) is 0 Å². The van der Waals surface area contributed by atoms with E-state index in [1.807, 2.05) is 73.7 Å². The zero-order valence-corrected chi connectivity index (χ0v) is 19.8. The molecular weight excluding hydrogens is 450 g/mol. The number of hydrogen-bond donors (Lipinski definition) is 1. The zero-order chi connectivity index (χ0) is 24.9. The summed E-state index contributed by atoms with van der Waals surface area (Å²) in [5, 5.41) is 2.86. The molecule has 0 spiro atoms. The van der Waals surface area contributed by atoms with Crippen molar-refractivity contribution >= 4 is 23.6 Å². The molecule has 0 unspecified atom stereocenters. The fourth-order valence-electron chi connectivity index (χ4n) is 3.95. The molecule has 0 atom stereocenters. The van der Waals surface area contributed by atoms with Crippen LogP contribution < -0.4 is 15.0 Å². The molecule has 0 saturated carbocycles. The van der Waals surface area contributed by atoms with Gasteiger partial charge in [0.2, 0.25) is 0 Å². The number of aryl methyl sites for hydroxylation is 1. The lowest BCUT2D eigenvalue weighted by atomic mass is 10.1. The number of rotatable bonds is 6. The van der Waals surface area contributed by atoms with E-state index in [2.05, 4.69) is 10.3 Å². The second-order valence-corrected chi connectivity index (χ2v) is 8.58. The minimum absolute atomic E-state index is 0.192. The first-order chi connectivity index (χ1) is 17.6. The van der Waals surface area contributed by atoms with Crippen LogP contribution in [0.1, 0.15) is 32.7 Å². The van der Waals surface area contributed by atoms with E-state index in [0.29, 0.717) is 24.4 Å². The summed E-state index contributed by atoms with van der Waals surface area (Å²) in [5.74, 6) is 0.448. The third kappa shape index (κ3) is 5.18. The van der Waals surface area contributed by atoms with Gasteiger partial charge in [0.25, 0.3) is 11.8 Å². The Kier molecular flexibility index (Phi) is 6.58. The number of amides is 2. The fraction of sp³-hybridized carbons (Fsp3) is 0.100. The van der Waals surface area contributed by atoms with Crippen molar-refractivity contribution in [2.24, 2.45) is 0 Å². The van der Waals surface area contributed by atoms with Crippen LogP contribution in [0, 0.1) is 6.92 Å². The van der Waals surface area contributed by atoms with Gasteiger partial charge in [-0.3, -0.25) is 19.5 Å². The molecule has 0 fully saturated rings. The summed E-state index contributed by atoms with van der Waals surface area (Å²) >= 11 is 0. The summed E-state index contributed by atoms with van der Waals surface area (Å²) in [4.78, 5) is 31.9. The topological polar surface area (TPSA) is 71.5 Å². The molecule has 1 aliphatic rings. The van der Waals surface area contributed by atoms with E-state index < -0.39 is 0 Å². The number of aromatic nitrogens is 1. The first-order valence-corrected chi connectivity index (χ1v) is 11.7. The molecule has 6 heteroatoms. The predicted molar refractivity (Wildman–Crippen MR) is 139 cm³/mol. The van der Waals surface area contributed by atoms with Crippen LogP contribution in [0.3, 0.4) is 0 Å². The van der Waals surface area contributed by atoms with Gasteiger partial charge in [-0.25, -0.2) is 0 Å². The van der Waals surface area contributed by atoms with Gasteiger partial charge in [-0.1, -0.05) is 60.2 Å². The second-order valence-electron chi connectivity index (χ2n) is 8.58. The van der Waals surface area contributed by atoms with Crippen LogP contribution in [0.15, 0.2) is 103 Å². The summed E-state index contributed by atoms with van der Waals surface area (Å²) in [7, 11) is 0. The summed E-state index contributed by atoms with van der Waals surface area (Å²) in [5.41, 5.74) is 5.01. The van der Waals surface area contributed by atoms with E-state index in [1.54, 1.807) is 41.4 Å². The maximum atomic E-state index is 13.4. The Morgan fingerprint density at radius 3 is 2.44 bits per heavy atom. The van der Waals surface area contributed by atoms with E-state index in [0.717, 1.165) is 22.5 Å². The van der Waals surface area contributed by atoms with Crippen molar-refractivity contribution in [2.45, 2.75) is 20.0 Å². The molecule has 0 radical (unpaired) electrons. The average Bonchev–Trinajstić information content (AvgIpc) is 2.92. The van der Waals surface area contributed by atoms with E-state index in [4.69, 9.17) is 4.74 Å². The van der Waals surface area contributed by atoms with E-state index >= 15 is 0 Å². The zero-order valence-electron chi connectivity index (χ0n) is 19.8. The first kappa shape index (κ1) is 23.1. The van der Waals surface area contributed by atoms with E-state index in [9.17, 15) is 9.59 Å². The van der Waals surface area contributed by atoms with Gasteiger partial charge in [0.1, 0.15) is 0 Å². The number of anilines is 1. The van der Waals surface area contributed by atoms with Gasteiger partial charge >= 0.3 is 0 Å². The summed E-state index contributed by atoms with van der Waals surface area (Å²) in [6.45, 7) is 2.82. The molecule has 3 aromatic carbocycles. The van der Waals surface area contributed by atoms with E-state index in [1.165, 1.54) is 5.56 Å². The maximum absolute atomic E-state index is 13.4. The summed E-state index contributed by atoms with van der Waals surface area (Å²) in [6, 6.07) is 28.3. The standard InChI is InChI=1S/C30H25N3O3/c1-21-9-11-23(12-10-21)20-33-26-7-2-3-8-27(26)36-28(30(33)35)18-22-13-15-24(16-14-22)29(34)32-19-25-6-4-5-17-31-25/h2-18H,19-20H2,1H3,(H,32,34)/b28-18+. The number of hydrogen-bond acceptors (Lipinski definition) is 4. The van der Waals surface area contributed by atoms with Crippen molar-refractivity contribution in [2.75, 3.05) is 4.90 Å². The monoisotopic (exact) mass is 475 g/mol. The van der Waals surface area contributed by atoms with Crippen LogP contribution in [0.5, 0.6) is 5.75 Å². The molecule has 4 aromatic rings. The number of carbonyl (C=O) groups is 2. The number of carbonyl (C=O) groups excluding carboxylic acids is 2. The highest BCUT2D eigenvalue weighted by atomic mass is 16.5. The van der Waals surface area contributed by atoms with Crippen LogP contribution in [0.2, 0.25) is 0 Å². The largest absolute Gasteiger partial charge is 0.449 e. The van der Waals surface area contributed by atoms with Crippen LogP contribution >= 0.6 is 0 Å². The number of pyridine rings is 1. The molecule has 1 aliphatic heterocycles. The molecule has 0 aliphatic carbocycles. The van der Waals surface area contributed by atoms with Gasteiger partial charge in [0.15, 0.2) is 11.5 Å². The van der Waals surface area contributed by atoms with Crippen molar-refractivity contribution in [3.8, 4) is 5.75 Å². The van der Waals surface area contributed by atoms with E-state index in [-0.39, 0.29) is 17.6 Å².